The summed E-state index contributed by atoms with van der Waals surface area (Å²) in [5.41, 5.74) is 1.23. The molecule has 2 heteroatoms. The van der Waals surface area contributed by atoms with E-state index in [1.807, 2.05) is 0 Å². The zero-order valence-corrected chi connectivity index (χ0v) is 10.1. The lowest BCUT2D eigenvalue weighted by Crippen LogP contribution is -2.23. The zero-order chi connectivity index (χ0) is 10.7. The van der Waals surface area contributed by atoms with Gasteiger partial charge in [-0.3, -0.25) is 0 Å². The summed E-state index contributed by atoms with van der Waals surface area (Å²) >= 11 is 0. The summed E-state index contributed by atoms with van der Waals surface area (Å²) in [5, 5.41) is 4.19. The van der Waals surface area contributed by atoms with Crippen molar-refractivity contribution in [1.82, 2.24) is 0 Å². The van der Waals surface area contributed by atoms with E-state index in [1.165, 1.54) is 12.1 Å². The Labute approximate surface area is 87.7 Å². The minimum atomic E-state index is 0.329. The second-order valence-electron chi connectivity index (χ2n) is 5.07. The maximum Gasteiger partial charge on any atom is 0.135 e. The molecule has 1 rings (SSSR count). The Morgan fingerprint density at radius 3 is 2.36 bits per heavy atom. The third-order valence-electron chi connectivity index (χ3n) is 2.94. The first-order chi connectivity index (χ1) is 6.52. The monoisotopic (exact) mass is 197 g/mol. The topological polar surface area (TPSA) is 21.6 Å². The van der Waals surface area contributed by atoms with E-state index in [0.717, 1.165) is 12.3 Å². The van der Waals surface area contributed by atoms with Crippen LogP contribution in [0.5, 0.6) is 0 Å². The molecule has 14 heavy (non-hydrogen) atoms. The van der Waals surface area contributed by atoms with E-state index in [2.05, 4.69) is 39.8 Å². The van der Waals surface area contributed by atoms with Crippen molar-refractivity contribution in [2.24, 2.45) is 22.9 Å². The molecule has 2 atom stereocenters. The Kier molecular flexibility index (Phi) is 3.97. The SMILES string of the molecule is CC(C)CCC1ON=C(C(C)C)C1C. The molecule has 0 saturated heterocycles. The molecule has 1 heterocycles. The molecule has 0 N–H and O–H groups in total. The largest absolute Gasteiger partial charge is 0.392 e. The highest BCUT2D eigenvalue weighted by Crippen LogP contribution is 2.26. The van der Waals surface area contributed by atoms with Crippen LogP contribution < -0.4 is 0 Å². The summed E-state index contributed by atoms with van der Waals surface area (Å²) in [4.78, 5) is 5.48. The normalized spacial score (nSPS) is 26.9. The standard InChI is InChI=1S/C12H23NO/c1-8(2)6-7-11-10(5)12(9(3)4)13-14-11/h8-11H,6-7H2,1-5H3. The van der Waals surface area contributed by atoms with Gasteiger partial charge < -0.3 is 4.84 Å². The van der Waals surface area contributed by atoms with Gasteiger partial charge in [0.2, 0.25) is 0 Å². The molecule has 0 aromatic heterocycles. The fraction of sp³-hybridized carbons (Fsp3) is 0.917. The van der Waals surface area contributed by atoms with Crippen LogP contribution in [-0.2, 0) is 4.84 Å². The van der Waals surface area contributed by atoms with Crippen molar-refractivity contribution >= 4 is 5.71 Å². The molecule has 82 valence electrons. The highest BCUT2D eigenvalue weighted by Gasteiger charge is 2.31. The lowest BCUT2D eigenvalue weighted by molar-refractivity contribution is 0.0552. The van der Waals surface area contributed by atoms with Crippen molar-refractivity contribution < 1.29 is 4.84 Å². The predicted molar refractivity (Wildman–Crippen MR) is 60.4 cm³/mol. The van der Waals surface area contributed by atoms with Gasteiger partial charge in [0.15, 0.2) is 0 Å². The summed E-state index contributed by atoms with van der Waals surface area (Å²) in [5.74, 6) is 1.79. The molecule has 2 unspecified atom stereocenters. The average Bonchev–Trinajstić information content (AvgIpc) is 2.43. The first-order valence-electron chi connectivity index (χ1n) is 5.76. The average molecular weight is 197 g/mol. The van der Waals surface area contributed by atoms with Crippen LogP contribution in [0.3, 0.4) is 0 Å². The number of rotatable bonds is 4. The van der Waals surface area contributed by atoms with Crippen molar-refractivity contribution in [2.75, 3.05) is 0 Å². The first-order valence-corrected chi connectivity index (χ1v) is 5.76. The third kappa shape index (κ3) is 2.73. The van der Waals surface area contributed by atoms with Crippen molar-refractivity contribution in [3.05, 3.63) is 0 Å². The van der Waals surface area contributed by atoms with Crippen LogP contribution in [0.4, 0.5) is 0 Å². The molecule has 0 amide bonds. The van der Waals surface area contributed by atoms with E-state index in [1.54, 1.807) is 0 Å². The van der Waals surface area contributed by atoms with Crippen molar-refractivity contribution in [2.45, 2.75) is 53.6 Å². The van der Waals surface area contributed by atoms with E-state index in [4.69, 9.17) is 4.84 Å². The zero-order valence-electron chi connectivity index (χ0n) is 10.1. The molecule has 0 bridgehead atoms. The maximum atomic E-state index is 5.48. The summed E-state index contributed by atoms with van der Waals surface area (Å²) in [7, 11) is 0. The van der Waals surface area contributed by atoms with Crippen LogP contribution in [0.1, 0.15) is 47.5 Å². The van der Waals surface area contributed by atoms with Gasteiger partial charge in [-0.2, -0.15) is 0 Å². The summed E-state index contributed by atoms with van der Waals surface area (Å²) < 4.78 is 0. The third-order valence-corrected chi connectivity index (χ3v) is 2.94. The second-order valence-corrected chi connectivity index (χ2v) is 5.07. The fourth-order valence-corrected chi connectivity index (χ4v) is 1.92. The minimum Gasteiger partial charge on any atom is -0.392 e. The Morgan fingerprint density at radius 1 is 1.29 bits per heavy atom. The van der Waals surface area contributed by atoms with Gasteiger partial charge in [-0.15, -0.1) is 0 Å². The lowest BCUT2D eigenvalue weighted by atomic mass is 9.89. The van der Waals surface area contributed by atoms with Gasteiger partial charge in [0.1, 0.15) is 6.10 Å². The highest BCUT2D eigenvalue weighted by molar-refractivity contribution is 5.89. The number of hydrogen-bond donors (Lipinski definition) is 0. The number of oxime groups is 1. The van der Waals surface area contributed by atoms with Crippen LogP contribution >= 0.6 is 0 Å². The lowest BCUT2D eigenvalue weighted by Gasteiger charge is -2.16. The van der Waals surface area contributed by atoms with Gasteiger partial charge in [0, 0.05) is 5.92 Å². The Hall–Kier alpha value is -0.530. The summed E-state index contributed by atoms with van der Waals surface area (Å²) in [6, 6.07) is 0. The van der Waals surface area contributed by atoms with Crippen LogP contribution in [0.2, 0.25) is 0 Å². The Morgan fingerprint density at radius 2 is 1.93 bits per heavy atom. The van der Waals surface area contributed by atoms with Gasteiger partial charge in [-0.05, 0) is 24.7 Å². The Bertz CT molecular complexity index is 208. The van der Waals surface area contributed by atoms with E-state index in [0.29, 0.717) is 17.9 Å². The van der Waals surface area contributed by atoms with Gasteiger partial charge in [-0.25, -0.2) is 0 Å². The molecule has 0 aromatic carbocycles. The van der Waals surface area contributed by atoms with Gasteiger partial charge in [0.25, 0.3) is 0 Å². The van der Waals surface area contributed by atoms with Gasteiger partial charge >= 0.3 is 0 Å². The van der Waals surface area contributed by atoms with Crippen LogP contribution in [0.15, 0.2) is 5.16 Å². The minimum absolute atomic E-state index is 0.329. The first kappa shape index (κ1) is 11.5. The van der Waals surface area contributed by atoms with E-state index < -0.39 is 0 Å². The fourth-order valence-electron chi connectivity index (χ4n) is 1.92. The molecule has 0 saturated carbocycles. The smallest absolute Gasteiger partial charge is 0.135 e. The molecule has 0 aromatic rings. The van der Waals surface area contributed by atoms with Crippen LogP contribution in [-0.4, -0.2) is 11.8 Å². The van der Waals surface area contributed by atoms with Crippen molar-refractivity contribution in [3.8, 4) is 0 Å². The Balaban J connectivity index is 2.40. The van der Waals surface area contributed by atoms with Gasteiger partial charge in [0.05, 0.1) is 5.71 Å². The van der Waals surface area contributed by atoms with E-state index >= 15 is 0 Å². The molecular formula is C12H23NO. The summed E-state index contributed by atoms with van der Waals surface area (Å²) in [6.07, 6.45) is 2.70. The molecule has 0 fully saturated rings. The second kappa shape index (κ2) is 4.81. The quantitative estimate of drug-likeness (QED) is 0.676. The van der Waals surface area contributed by atoms with E-state index in [9.17, 15) is 0 Å². The molecule has 1 aliphatic rings. The summed E-state index contributed by atoms with van der Waals surface area (Å²) in [6.45, 7) is 11.1. The maximum absolute atomic E-state index is 5.48. The van der Waals surface area contributed by atoms with Crippen LogP contribution in [0.25, 0.3) is 0 Å². The van der Waals surface area contributed by atoms with Crippen molar-refractivity contribution in [1.29, 1.82) is 0 Å². The molecule has 2 nitrogen and oxygen atoms in total. The molecule has 0 spiro atoms. The number of nitrogens with zero attached hydrogens (tertiary/aromatic N) is 1. The van der Waals surface area contributed by atoms with E-state index in [-0.39, 0.29) is 0 Å². The predicted octanol–water partition coefficient (Wildman–Crippen LogP) is 3.47. The molecule has 1 aliphatic heterocycles. The molecule has 0 radical (unpaired) electrons. The molecular weight excluding hydrogens is 174 g/mol. The number of hydrogen-bond acceptors (Lipinski definition) is 2. The van der Waals surface area contributed by atoms with Crippen molar-refractivity contribution in [3.63, 3.8) is 0 Å². The van der Waals surface area contributed by atoms with Gasteiger partial charge in [-0.1, -0.05) is 39.8 Å². The highest BCUT2D eigenvalue weighted by atomic mass is 16.6. The molecule has 0 aliphatic carbocycles. The van der Waals surface area contributed by atoms with Crippen LogP contribution in [0, 0.1) is 17.8 Å².